The van der Waals surface area contributed by atoms with E-state index in [9.17, 15) is 20.2 Å². The third-order valence-corrected chi connectivity index (χ3v) is 7.94. The predicted octanol–water partition coefficient (Wildman–Crippen LogP) is 5.06. The summed E-state index contributed by atoms with van der Waals surface area (Å²) in [6.07, 6.45) is 0. The molecule has 13 heteroatoms. The minimum absolute atomic E-state index is 0. The largest absolute Gasteiger partial charge is 0.369 e. The summed E-state index contributed by atoms with van der Waals surface area (Å²) in [4.78, 5) is 27.5. The van der Waals surface area contributed by atoms with Crippen molar-refractivity contribution in [2.24, 2.45) is 0 Å². The number of hydrogen-bond donors (Lipinski definition) is 1. The van der Waals surface area contributed by atoms with Gasteiger partial charge in [-0.3, -0.25) is 25.1 Å². The lowest BCUT2D eigenvalue weighted by Gasteiger charge is -2.36. The van der Waals surface area contributed by atoms with E-state index in [4.69, 9.17) is 10.5 Å². The first-order chi connectivity index (χ1) is 20.3. The molecule has 0 aromatic heterocycles. The first-order valence-corrected chi connectivity index (χ1v) is 14.1. The van der Waals surface area contributed by atoms with Crippen LogP contribution in [0.15, 0.2) is 65.1 Å². The normalized spacial score (nSPS) is 14.8. The van der Waals surface area contributed by atoms with Gasteiger partial charge >= 0.3 is 0 Å². The molecule has 224 valence electrons. The Bertz CT molecular complexity index is 1520. The molecular weight excluding hydrogens is 616 g/mol. The maximum atomic E-state index is 11.1. The fraction of sp³-hybridized carbons (Fsp3) is 0.333. The van der Waals surface area contributed by atoms with Crippen molar-refractivity contribution in [1.82, 2.24) is 10.2 Å². The fourth-order valence-corrected chi connectivity index (χ4v) is 5.29. The maximum Gasteiger partial charge on any atom is 0.289 e. The number of nitro groups is 2. The molecule has 0 unspecified atom stereocenters. The van der Waals surface area contributed by atoms with Crippen LogP contribution < -0.4 is 15.1 Å². The highest BCUT2D eigenvalue weighted by molar-refractivity contribution is 9.10. The molecule has 0 spiro atoms. The van der Waals surface area contributed by atoms with Crippen molar-refractivity contribution in [2.45, 2.75) is 14.0 Å². The average molecular weight is 650 g/mol. The van der Waals surface area contributed by atoms with Crippen molar-refractivity contribution >= 4 is 38.7 Å². The third-order valence-electron chi connectivity index (χ3n) is 7.17. The van der Waals surface area contributed by atoms with E-state index in [1.165, 1.54) is 29.8 Å². The van der Waals surface area contributed by atoms with Gasteiger partial charge in [0.1, 0.15) is 23.3 Å². The van der Waals surface area contributed by atoms with Gasteiger partial charge in [-0.25, -0.2) is 0 Å². The van der Waals surface area contributed by atoms with E-state index >= 15 is 0 Å². The molecule has 0 amide bonds. The summed E-state index contributed by atoms with van der Waals surface area (Å²) in [6, 6.07) is 21.5. The van der Waals surface area contributed by atoms with Crippen LogP contribution in [-0.4, -0.2) is 67.1 Å². The molecule has 0 radical (unpaired) electrons. The number of hydrogen-bond acceptors (Lipinski definition) is 10. The van der Waals surface area contributed by atoms with E-state index in [0.29, 0.717) is 0 Å². The summed E-state index contributed by atoms with van der Waals surface area (Å²) in [7, 11) is 0. The molecule has 0 bridgehead atoms. The number of rotatable bonds is 6. The average Bonchev–Trinajstić information content (AvgIpc) is 3.02. The zero-order valence-corrected chi connectivity index (χ0v) is 24.4. The summed E-state index contributed by atoms with van der Waals surface area (Å²) in [5, 5.41) is 43.0. The van der Waals surface area contributed by atoms with E-state index in [1.54, 1.807) is 12.1 Å². The molecular formula is C30H33BrN8O4. The van der Waals surface area contributed by atoms with Gasteiger partial charge in [0.05, 0.1) is 9.85 Å². The predicted molar refractivity (Wildman–Crippen MR) is 169 cm³/mol. The number of nitrogens with one attached hydrogen (secondary N) is 1. The molecule has 0 aliphatic carbocycles. The highest BCUT2D eigenvalue weighted by atomic mass is 79.9. The standard InChI is InChI=1S/C18H17BrN4O2.C11H12N4O2.CH4/c19-17-4-2-1-3-15(17)13-21-7-9-22(10-8-21)16-6-5-14(12-20)18(11-16)23(24)25;12-8-9-1-2-10(7-11(9)15(16)17)14-5-3-13-4-6-14;/h1-6,11H,7-10,13H2;1-2,7,13H,3-6H2;1H4. The Morgan fingerprint density at radius 2 is 1.26 bits per heavy atom. The smallest absolute Gasteiger partial charge is 0.289 e. The van der Waals surface area contributed by atoms with Crippen molar-refractivity contribution in [2.75, 3.05) is 62.2 Å². The number of nitriles is 2. The van der Waals surface area contributed by atoms with E-state index in [1.807, 2.05) is 30.3 Å². The molecule has 12 nitrogen and oxygen atoms in total. The summed E-state index contributed by atoms with van der Waals surface area (Å²) >= 11 is 3.58. The zero-order chi connectivity index (χ0) is 30.1. The Labute approximate surface area is 259 Å². The van der Waals surface area contributed by atoms with Crippen molar-refractivity contribution in [3.05, 3.63) is 102 Å². The first-order valence-electron chi connectivity index (χ1n) is 13.3. The van der Waals surface area contributed by atoms with E-state index in [2.05, 4.69) is 42.0 Å². The lowest BCUT2D eigenvalue weighted by atomic mass is 10.1. The molecule has 2 fully saturated rings. The van der Waals surface area contributed by atoms with Crippen LogP contribution in [0.25, 0.3) is 0 Å². The van der Waals surface area contributed by atoms with Crippen molar-refractivity contribution < 1.29 is 9.85 Å². The van der Waals surface area contributed by atoms with Crippen LogP contribution in [0.4, 0.5) is 22.7 Å². The fourth-order valence-electron chi connectivity index (χ4n) is 4.88. The second-order valence-electron chi connectivity index (χ2n) is 9.73. The zero-order valence-electron chi connectivity index (χ0n) is 22.8. The van der Waals surface area contributed by atoms with Gasteiger partial charge in [0.2, 0.25) is 0 Å². The van der Waals surface area contributed by atoms with E-state index in [-0.39, 0.29) is 29.9 Å². The molecule has 2 aliphatic rings. The Kier molecular flexibility index (Phi) is 12.0. The number of nitrogens with zero attached hydrogens (tertiary/aromatic N) is 7. The molecule has 3 aromatic rings. The molecule has 0 saturated carbocycles. The van der Waals surface area contributed by atoms with E-state index < -0.39 is 9.85 Å². The first kappa shape index (κ1) is 32.9. The Morgan fingerprint density at radius 1 is 0.767 bits per heavy atom. The van der Waals surface area contributed by atoms with E-state index in [0.717, 1.165) is 74.8 Å². The van der Waals surface area contributed by atoms with Crippen LogP contribution >= 0.6 is 15.9 Å². The van der Waals surface area contributed by atoms with Crippen LogP contribution in [-0.2, 0) is 6.54 Å². The van der Waals surface area contributed by atoms with Gasteiger partial charge in [-0.15, -0.1) is 0 Å². The summed E-state index contributed by atoms with van der Waals surface area (Å²) in [5.74, 6) is 0. The number of halogens is 1. The van der Waals surface area contributed by atoms with Gasteiger partial charge < -0.3 is 15.1 Å². The molecule has 5 rings (SSSR count). The lowest BCUT2D eigenvalue weighted by molar-refractivity contribution is -0.385. The van der Waals surface area contributed by atoms with Gasteiger partial charge in [0.15, 0.2) is 0 Å². The Morgan fingerprint density at radius 3 is 1.72 bits per heavy atom. The van der Waals surface area contributed by atoms with Crippen LogP contribution in [0.1, 0.15) is 24.1 Å². The minimum Gasteiger partial charge on any atom is -0.369 e. The Hall–Kier alpha value is -4.56. The molecule has 1 N–H and O–H groups in total. The van der Waals surface area contributed by atoms with Crippen LogP contribution in [0.5, 0.6) is 0 Å². The van der Waals surface area contributed by atoms with Crippen molar-refractivity contribution in [3.63, 3.8) is 0 Å². The molecule has 0 atom stereocenters. The van der Waals surface area contributed by atoms with Crippen LogP contribution in [0.2, 0.25) is 0 Å². The summed E-state index contributed by atoms with van der Waals surface area (Å²) in [5.41, 5.74) is 2.81. The number of nitro benzene ring substituents is 2. The second kappa shape index (κ2) is 15.6. The third kappa shape index (κ3) is 8.49. The molecule has 2 aliphatic heterocycles. The lowest BCUT2D eigenvalue weighted by Crippen LogP contribution is -2.46. The Balaban J connectivity index is 0.000000247. The van der Waals surface area contributed by atoms with Gasteiger partial charge in [0, 0.05) is 86.9 Å². The monoisotopic (exact) mass is 648 g/mol. The maximum absolute atomic E-state index is 11.1. The van der Waals surface area contributed by atoms with Gasteiger partial charge in [0.25, 0.3) is 11.4 Å². The number of piperazine rings is 2. The van der Waals surface area contributed by atoms with Crippen molar-refractivity contribution in [3.8, 4) is 12.1 Å². The van der Waals surface area contributed by atoms with Gasteiger partial charge in [-0.05, 0) is 35.9 Å². The topological polar surface area (TPSA) is 156 Å². The van der Waals surface area contributed by atoms with Crippen LogP contribution in [0, 0.1) is 42.9 Å². The SMILES string of the molecule is C.N#Cc1ccc(N2CCN(Cc3ccccc3Br)CC2)cc1[N+](=O)[O-].N#Cc1ccc(N2CCNCC2)cc1[N+](=O)[O-]. The number of benzene rings is 3. The molecule has 3 aromatic carbocycles. The molecule has 2 saturated heterocycles. The second-order valence-corrected chi connectivity index (χ2v) is 10.6. The minimum atomic E-state index is -0.510. The highest BCUT2D eigenvalue weighted by Crippen LogP contribution is 2.27. The quantitative estimate of drug-likeness (QED) is 0.283. The van der Waals surface area contributed by atoms with Crippen LogP contribution in [0.3, 0.4) is 0 Å². The van der Waals surface area contributed by atoms with Gasteiger partial charge in [-0.1, -0.05) is 41.6 Å². The molecule has 43 heavy (non-hydrogen) atoms. The van der Waals surface area contributed by atoms with Crippen molar-refractivity contribution in [1.29, 1.82) is 10.5 Å². The summed E-state index contributed by atoms with van der Waals surface area (Å²) < 4.78 is 1.11. The van der Waals surface area contributed by atoms with Gasteiger partial charge in [-0.2, -0.15) is 10.5 Å². The number of anilines is 2. The highest BCUT2D eigenvalue weighted by Gasteiger charge is 2.22. The molecule has 2 heterocycles. The summed E-state index contributed by atoms with van der Waals surface area (Å²) in [6.45, 7) is 7.63.